The summed E-state index contributed by atoms with van der Waals surface area (Å²) in [5.74, 6) is 0. The van der Waals surface area contributed by atoms with E-state index in [1.807, 2.05) is 11.3 Å². The van der Waals surface area contributed by atoms with Gasteiger partial charge in [-0.1, -0.05) is 64.2 Å². The molecule has 21 heavy (non-hydrogen) atoms. The van der Waals surface area contributed by atoms with Crippen LogP contribution < -0.4 is 5.32 Å². The van der Waals surface area contributed by atoms with E-state index < -0.39 is 0 Å². The molecule has 0 aliphatic carbocycles. The first-order valence-corrected chi connectivity index (χ1v) is 9.44. The lowest BCUT2D eigenvalue weighted by Gasteiger charge is -2.18. The minimum Gasteiger partial charge on any atom is -0.310 e. The van der Waals surface area contributed by atoms with E-state index >= 15 is 0 Å². The van der Waals surface area contributed by atoms with Crippen molar-refractivity contribution in [2.45, 2.75) is 64.8 Å². The van der Waals surface area contributed by atoms with Crippen molar-refractivity contribution >= 4 is 21.4 Å². The van der Waals surface area contributed by atoms with Crippen molar-refractivity contribution in [1.82, 2.24) is 5.32 Å². The Hall–Kier alpha value is -0.860. The van der Waals surface area contributed by atoms with Crippen LogP contribution in [0.1, 0.15) is 70.4 Å². The lowest BCUT2D eigenvalue weighted by Crippen LogP contribution is -2.21. The van der Waals surface area contributed by atoms with E-state index in [-0.39, 0.29) is 0 Å². The molecule has 2 rings (SSSR count). The molecule has 2 aromatic rings. The van der Waals surface area contributed by atoms with Gasteiger partial charge < -0.3 is 5.32 Å². The summed E-state index contributed by atoms with van der Waals surface area (Å²) in [4.78, 5) is 0. The molecule has 2 heteroatoms. The molecular formula is C19H29NS. The fourth-order valence-electron chi connectivity index (χ4n) is 2.91. The zero-order valence-electron chi connectivity index (χ0n) is 13.5. The third-order valence-electron chi connectivity index (χ3n) is 4.12. The summed E-state index contributed by atoms with van der Waals surface area (Å²) in [6.45, 7) is 5.64. The number of rotatable bonds is 10. The van der Waals surface area contributed by atoms with Crippen molar-refractivity contribution in [3.8, 4) is 0 Å². The summed E-state index contributed by atoms with van der Waals surface area (Å²) in [6.07, 6.45) is 9.28. The number of hydrogen-bond acceptors (Lipinski definition) is 2. The zero-order valence-corrected chi connectivity index (χ0v) is 14.3. The Morgan fingerprint density at radius 3 is 2.62 bits per heavy atom. The summed E-state index contributed by atoms with van der Waals surface area (Å²) < 4.78 is 1.42. The van der Waals surface area contributed by atoms with Gasteiger partial charge in [0.15, 0.2) is 0 Å². The average molecular weight is 304 g/mol. The number of thiophene rings is 1. The van der Waals surface area contributed by atoms with Gasteiger partial charge in [0.25, 0.3) is 0 Å². The lowest BCUT2D eigenvalue weighted by atomic mass is 9.99. The standard InChI is InChI=1S/C19H29NS/c1-3-5-6-7-8-12-18(20-14-4-2)17-15-21-19-13-10-9-11-16(17)19/h9-11,13,15,18,20H,3-8,12,14H2,1-2H3. The predicted octanol–water partition coefficient (Wildman–Crippen LogP) is 6.30. The van der Waals surface area contributed by atoms with Crippen LogP contribution in [0.15, 0.2) is 29.6 Å². The van der Waals surface area contributed by atoms with E-state index in [1.165, 1.54) is 60.6 Å². The molecule has 1 aromatic carbocycles. The van der Waals surface area contributed by atoms with Crippen molar-refractivity contribution in [2.24, 2.45) is 0 Å². The summed E-state index contributed by atoms with van der Waals surface area (Å²) in [5.41, 5.74) is 1.51. The maximum Gasteiger partial charge on any atom is 0.0346 e. The van der Waals surface area contributed by atoms with Crippen LogP contribution in [0.25, 0.3) is 10.1 Å². The highest BCUT2D eigenvalue weighted by Gasteiger charge is 2.14. The van der Waals surface area contributed by atoms with Crippen LogP contribution in [-0.2, 0) is 0 Å². The van der Waals surface area contributed by atoms with Crippen molar-refractivity contribution < 1.29 is 0 Å². The highest BCUT2D eigenvalue weighted by atomic mass is 32.1. The first-order chi connectivity index (χ1) is 10.4. The molecule has 0 spiro atoms. The van der Waals surface area contributed by atoms with Crippen LogP contribution in [0.4, 0.5) is 0 Å². The van der Waals surface area contributed by atoms with Crippen LogP contribution in [0, 0.1) is 0 Å². The van der Waals surface area contributed by atoms with Crippen LogP contribution in [0.3, 0.4) is 0 Å². The SMILES string of the molecule is CCCCCCCC(NCCC)c1csc2ccccc12. The molecule has 0 bridgehead atoms. The molecule has 1 aromatic heterocycles. The van der Waals surface area contributed by atoms with Gasteiger partial charge in [0.05, 0.1) is 0 Å². The zero-order chi connectivity index (χ0) is 14.9. The van der Waals surface area contributed by atoms with Gasteiger partial charge in [-0.15, -0.1) is 11.3 Å². The second-order valence-electron chi connectivity index (χ2n) is 5.90. The van der Waals surface area contributed by atoms with E-state index in [1.54, 1.807) is 0 Å². The van der Waals surface area contributed by atoms with E-state index in [2.05, 4.69) is 48.8 Å². The molecule has 0 aliphatic rings. The van der Waals surface area contributed by atoms with Crippen molar-refractivity contribution in [2.75, 3.05) is 6.54 Å². The minimum atomic E-state index is 0.530. The van der Waals surface area contributed by atoms with Crippen LogP contribution >= 0.6 is 11.3 Å². The molecule has 0 radical (unpaired) electrons. The molecule has 1 atom stereocenters. The molecule has 0 saturated heterocycles. The third-order valence-corrected chi connectivity index (χ3v) is 5.11. The van der Waals surface area contributed by atoms with Gasteiger partial charge in [0.1, 0.15) is 0 Å². The lowest BCUT2D eigenvalue weighted by molar-refractivity contribution is 0.471. The average Bonchev–Trinajstić information content (AvgIpc) is 2.94. The van der Waals surface area contributed by atoms with Crippen molar-refractivity contribution in [3.05, 3.63) is 35.2 Å². The Morgan fingerprint density at radius 1 is 1.00 bits per heavy atom. The second kappa shape index (κ2) is 9.22. The number of fused-ring (bicyclic) bond motifs is 1. The Bertz CT molecular complexity index is 517. The fourth-order valence-corrected chi connectivity index (χ4v) is 3.92. The first-order valence-electron chi connectivity index (χ1n) is 8.56. The molecule has 1 N–H and O–H groups in total. The summed E-state index contributed by atoms with van der Waals surface area (Å²) >= 11 is 1.88. The minimum absolute atomic E-state index is 0.530. The molecule has 0 aliphatic heterocycles. The van der Waals surface area contributed by atoms with Gasteiger partial charge in [-0.25, -0.2) is 0 Å². The van der Waals surface area contributed by atoms with E-state index in [4.69, 9.17) is 0 Å². The van der Waals surface area contributed by atoms with Gasteiger partial charge in [-0.2, -0.15) is 0 Å². The molecule has 116 valence electrons. The van der Waals surface area contributed by atoms with Gasteiger partial charge in [0.2, 0.25) is 0 Å². The van der Waals surface area contributed by atoms with Crippen molar-refractivity contribution in [1.29, 1.82) is 0 Å². The highest BCUT2D eigenvalue weighted by molar-refractivity contribution is 7.17. The molecule has 1 heterocycles. The van der Waals surface area contributed by atoms with Crippen molar-refractivity contribution in [3.63, 3.8) is 0 Å². The summed E-state index contributed by atoms with van der Waals surface area (Å²) in [7, 11) is 0. The topological polar surface area (TPSA) is 12.0 Å². The Labute approximate surface area is 133 Å². The number of nitrogens with one attached hydrogen (secondary N) is 1. The van der Waals surface area contributed by atoms with Gasteiger partial charge in [0, 0.05) is 10.7 Å². The van der Waals surface area contributed by atoms with Gasteiger partial charge in [-0.3, -0.25) is 0 Å². The Balaban J connectivity index is 2.01. The summed E-state index contributed by atoms with van der Waals surface area (Å²) in [5, 5.41) is 7.58. The van der Waals surface area contributed by atoms with E-state index in [0.717, 1.165) is 6.54 Å². The number of hydrogen-bond donors (Lipinski definition) is 1. The monoisotopic (exact) mass is 303 g/mol. The summed E-state index contributed by atoms with van der Waals surface area (Å²) in [6, 6.07) is 9.35. The number of unbranched alkanes of at least 4 members (excludes halogenated alkanes) is 4. The second-order valence-corrected chi connectivity index (χ2v) is 6.81. The Morgan fingerprint density at radius 2 is 1.81 bits per heavy atom. The maximum atomic E-state index is 3.76. The normalized spacial score (nSPS) is 12.9. The largest absolute Gasteiger partial charge is 0.310 e. The quantitative estimate of drug-likeness (QED) is 0.508. The molecule has 0 amide bonds. The van der Waals surface area contributed by atoms with Crippen LogP contribution in [-0.4, -0.2) is 6.54 Å². The predicted molar refractivity (Wildman–Crippen MR) is 96.2 cm³/mol. The molecule has 0 fully saturated rings. The molecular weight excluding hydrogens is 274 g/mol. The van der Waals surface area contributed by atoms with E-state index in [9.17, 15) is 0 Å². The molecule has 1 nitrogen and oxygen atoms in total. The molecule has 0 saturated carbocycles. The van der Waals surface area contributed by atoms with Crippen LogP contribution in [0.2, 0.25) is 0 Å². The fraction of sp³-hybridized carbons (Fsp3) is 0.579. The van der Waals surface area contributed by atoms with Gasteiger partial charge in [-0.05, 0) is 41.8 Å². The van der Waals surface area contributed by atoms with Crippen LogP contribution in [0.5, 0.6) is 0 Å². The third kappa shape index (κ3) is 4.82. The highest BCUT2D eigenvalue weighted by Crippen LogP contribution is 2.32. The van der Waals surface area contributed by atoms with E-state index in [0.29, 0.717) is 6.04 Å². The molecule has 1 unspecified atom stereocenters. The van der Waals surface area contributed by atoms with Gasteiger partial charge >= 0.3 is 0 Å². The first kappa shape index (κ1) is 16.5. The smallest absolute Gasteiger partial charge is 0.0346 e. The maximum absolute atomic E-state index is 3.76. The number of benzene rings is 1. The Kier molecular flexibility index (Phi) is 7.25.